The van der Waals surface area contributed by atoms with Crippen LogP contribution in [0.25, 0.3) is 11.3 Å². The van der Waals surface area contributed by atoms with E-state index in [9.17, 15) is 9.59 Å². The second-order valence-electron chi connectivity index (χ2n) is 10.8. The smallest absolute Gasteiger partial charge is 0.410 e. The Hall–Kier alpha value is -4.84. The van der Waals surface area contributed by atoms with E-state index < -0.39 is 11.5 Å². The Labute approximate surface area is 246 Å². The van der Waals surface area contributed by atoms with Gasteiger partial charge in [-0.1, -0.05) is 24.3 Å². The first-order valence-corrected chi connectivity index (χ1v) is 13.3. The zero-order chi connectivity index (χ0) is 29.7. The number of nitrogens with one attached hydrogen (secondary N) is 2. The van der Waals surface area contributed by atoms with Crippen LogP contribution < -0.4 is 11.9 Å². The summed E-state index contributed by atoms with van der Waals surface area (Å²) >= 11 is 0. The number of carbonyl (C=O) groups excluding carboxylic acids is 2. The molecule has 2 heterocycles. The van der Waals surface area contributed by atoms with Crippen LogP contribution in [0.1, 0.15) is 55.8 Å². The average molecular weight is 577 g/mol. The Morgan fingerprint density at radius 2 is 1.62 bits per heavy atom. The van der Waals surface area contributed by atoms with Gasteiger partial charge in [0.2, 0.25) is 11.8 Å². The van der Waals surface area contributed by atoms with E-state index in [1.54, 1.807) is 52.3 Å². The number of aryl methyl sites for hydroxylation is 1. The molecule has 0 atom stereocenters. The quantitative estimate of drug-likeness (QED) is 0.249. The fourth-order valence-electron chi connectivity index (χ4n) is 4.39. The van der Waals surface area contributed by atoms with Crippen LogP contribution in [0.15, 0.2) is 54.7 Å². The highest BCUT2D eigenvalue weighted by Crippen LogP contribution is 2.25. The van der Waals surface area contributed by atoms with Gasteiger partial charge in [-0.05, 0) is 63.9 Å². The number of anilines is 1. The number of aromatic nitrogens is 2. The van der Waals surface area contributed by atoms with Gasteiger partial charge >= 0.3 is 6.09 Å². The third-order valence-corrected chi connectivity index (χ3v) is 6.44. The monoisotopic (exact) mass is 576 g/mol. The van der Waals surface area contributed by atoms with Crippen molar-refractivity contribution in [3.05, 3.63) is 77.1 Å². The Morgan fingerprint density at radius 3 is 2.29 bits per heavy atom. The van der Waals surface area contributed by atoms with Crippen LogP contribution in [0.2, 0.25) is 0 Å². The molecule has 1 saturated heterocycles. The van der Waals surface area contributed by atoms with Crippen molar-refractivity contribution in [3.63, 3.8) is 0 Å². The van der Waals surface area contributed by atoms with E-state index >= 15 is 0 Å². The maximum absolute atomic E-state index is 13.3. The number of nitrogens with zero attached hydrogens (tertiary/aromatic N) is 4. The first kappa shape index (κ1) is 31.7. The van der Waals surface area contributed by atoms with Crippen LogP contribution in [0.3, 0.4) is 0 Å². The summed E-state index contributed by atoms with van der Waals surface area (Å²) in [4.78, 5) is 37.9. The SMILES string of the molecule is Cc1cc(C(=O)N2CCCN(C(=O)OC(C)(C)C)CC2)ccc1-c1cnc(N)c(C(=N)OC(=N)c2ccccc2)n1.N.[HH]. The molecule has 1 aromatic heterocycles. The first-order valence-electron chi connectivity index (χ1n) is 13.3. The second kappa shape index (κ2) is 13.2. The predicted molar refractivity (Wildman–Crippen MR) is 163 cm³/mol. The molecule has 0 aliphatic carbocycles. The molecule has 0 radical (unpaired) electrons. The molecule has 0 bridgehead atoms. The number of hydrogen-bond acceptors (Lipinski definition) is 10. The third-order valence-electron chi connectivity index (χ3n) is 6.44. The highest BCUT2D eigenvalue weighted by Gasteiger charge is 2.27. The molecule has 0 saturated carbocycles. The second-order valence-corrected chi connectivity index (χ2v) is 10.8. The average Bonchev–Trinajstić information content (AvgIpc) is 3.19. The van der Waals surface area contributed by atoms with Crippen molar-refractivity contribution in [2.75, 3.05) is 31.9 Å². The molecule has 42 heavy (non-hydrogen) atoms. The summed E-state index contributed by atoms with van der Waals surface area (Å²) in [6.45, 7) is 9.22. The van der Waals surface area contributed by atoms with Crippen molar-refractivity contribution in [2.45, 2.75) is 39.7 Å². The summed E-state index contributed by atoms with van der Waals surface area (Å²) in [5, 5.41) is 16.5. The minimum absolute atomic E-state index is 0. The molecule has 3 aromatic rings. The summed E-state index contributed by atoms with van der Waals surface area (Å²) in [6.07, 6.45) is 1.78. The van der Waals surface area contributed by atoms with Gasteiger partial charge in [0.25, 0.3) is 5.91 Å². The van der Waals surface area contributed by atoms with Crippen molar-refractivity contribution in [1.82, 2.24) is 25.9 Å². The van der Waals surface area contributed by atoms with Crippen molar-refractivity contribution in [1.29, 1.82) is 10.8 Å². The number of nitrogen functional groups attached to an aromatic ring is 1. The van der Waals surface area contributed by atoms with Gasteiger partial charge in [-0.2, -0.15) is 0 Å². The van der Waals surface area contributed by atoms with Crippen LogP contribution in [0.4, 0.5) is 10.6 Å². The van der Waals surface area contributed by atoms with Gasteiger partial charge < -0.3 is 31.2 Å². The van der Waals surface area contributed by atoms with Crippen LogP contribution in [-0.2, 0) is 9.47 Å². The molecule has 1 fully saturated rings. The van der Waals surface area contributed by atoms with E-state index in [4.69, 9.17) is 26.0 Å². The molecule has 12 nitrogen and oxygen atoms in total. The molecule has 1 aliphatic heterocycles. The topological polar surface area (TPSA) is 194 Å². The van der Waals surface area contributed by atoms with Crippen molar-refractivity contribution in [3.8, 4) is 11.3 Å². The van der Waals surface area contributed by atoms with Gasteiger partial charge in [0, 0.05) is 44.3 Å². The highest BCUT2D eigenvalue weighted by atomic mass is 16.6. The van der Waals surface area contributed by atoms with Gasteiger partial charge in [0.05, 0.1) is 11.9 Å². The molecule has 12 heteroatoms. The van der Waals surface area contributed by atoms with Gasteiger partial charge in [-0.25, -0.2) is 14.8 Å². The predicted octanol–water partition coefficient (Wildman–Crippen LogP) is 4.89. The fraction of sp³-hybridized carbons (Fsp3) is 0.333. The Kier molecular flexibility index (Phi) is 9.97. The number of nitrogens with two attached hydrogens (primary N) is 1. The van der Waals surface area contributed by atoms with Crippen molar-refractivity contribution < 1.29 is 20.5 Å². The standard InChI is InChI=1S/C30H35N7O4.H3N.H2/c1-19-17-21(28(38)36-13-8-14-37(16-15-36)29(39)41-30(2,3)4)11-12-22(19)23-18-34-25(31)24(35-23)27(33)40-26(32)20-9-6-5-7-10-20;;/h5-7,9-12,17-18,32-33H,8,13-16H2,1-4H3,(H2,31,34);1H3;1H. The summed E-state index contributed by atoms with van der Waals surface area (Å²) in [7, 11) is 0. The van der Waals surface area contributed by atoms with E-state index in [2.05, 4.69) is 9.97 Å². The van der Waals surface area contributed by atoms with E-state index in [1.807, 2.05) is 33.8 Å². The molecule has 2 amide bonds. The maximum atomic E-state index is 13.3. The molecule has 1 aliphatic rings. The van der Waals surface area contributed by atoms with Crippen LogP contribution in [0, 0.1) is 17.7 Å². The molecule has 0 unspecified atom stereocenters. The lowest BCUT2D eigenvalue weighted by molar-refractivity contribution is 0.0255. The number of carbonyl (C=O) groups is 2. The van der Waals surface area contributed by atoms with Crippen LogP contribution in [0.5, 0.6) is 0 Å². The van der Waals surface area contributed by atoms with Crippen molar-refractivity contribution in [2.24, 2.45) is 0 Å². The normalized spacial score (nSPS) is 13.4. The zero-order valence-corrected chi connectivity index (χ0v) is 24.4. The molecule has 224 valence electrons. The van der Waals surface area contributed by atoms with Crippen LogP contribution in [-0.4, -0.2) is 75.3 Å². The molecular weight excluding hydrogens is 536 g/mol. The molecular formula is C30H40N8O4. The largest absolute Gasteiger partial charge is 0.444 e. The van der Waals surface area contributed by atoms with Gasteiger partial charge in [0.15, 0.2) is 11.5 Å². The fourth-order valence-corrected chi connectivity index (χ4v) is 4.39. The minimum Gasteiger partial charge on any atom is -0.444 e. The minimum atomic E-state index is -0.577. The molecule has 4 rings (SSSR count). The summed E-state index contributed by atoms with van der Waals surface area (Å²) in [5.41, 5.74) is 8.42. The van der Waals surface area contributed by atoms with E-state index in [-0.39, 0.29) is 37.0 Å². The third kappa shape index (κ3) is 7.67. The number of ether oxygens (including phenoxy) is 2. The lowest BCUT2D eigenvalue weighted by Gasteiger charge is -2.26. The number of hydrogen-bond donors (Lipinski definition) is 4. The Bertz CT molecular complexity index is 1480. The number of rotatable bonds is 4. The maximum Gasteiger partial charge on any atom is 0.410 e. The molecule has 7 N–H and O–H groups in total. The summed E-state index contributed by atoms with van der Waals surface area (Å²) in [6, 6.07) is 14.1. The van der Waals surface area contributed by atoms with E-state index in [0.717, 1.165) is 5.56 Å². The number of amides is 2. The highest BCUT2D eigenvalue weighted by molar-refractivity contribution is 6.05. The molecule has 2 aromatic carbocycles. The van der Waals surface area contributed by atoms with E-state index in [0.29, 0.717) is 55.0 Å². The lowest BCUT2D eigenvalue weighted by Crippen LogP contribution is -2.40. The number of benzene rings is 2. The van der Waals surface area contributed by atoms with Gasteiger partial charge in [0.1, 0.15) is 5.60 Å². The van der Waals surface area contributed by atoms with Gasteiger partial charge in [-0.3, -0.25) is 15.6 Å². The zero-order valence-electron chi connectivity index (χ0n) is 24.4. The Morgan fingerprint density at radius 1 is 0.952 bits per heavy atom. The first-order chi connectivity index (χ1) is 19.4. The van der Waals surface area contributed by atoms with Crippen molar-refractivity contribution >= 4 is 29.6 Å². The van der Waals surface area contributed by atoms with Gasteiger partial charge in [-0.15, -0.1) is 0 Å². The van der Waals surface area contributed by atoms with E-state index in [1.165, 1.54) is 6.20 Å². The summed E-state index contributed by atoms with van der Waals surface area (Å²) in [5.74, 6) is -0.712. The van der Waals surface area contributed by atoms with Crippen LogP contribution >= 0.6 is 0 Å². The summed E-state index contributed by atoms with van der Waals surface area (Å²) < 4.78 is 10.9. The lowest BCUT2D eigenvalue weighted by atomic mass is 10.0. The Balaban J connectivity index is 0.00000323. The molecule has 0 spiro atoms.